The van der Waals surface area contributed by atoms with E-state index in [9.17, 15) is 4.79 Å². The summed E-state index contributed by atoms with van der Waals surface area (Å²) < 4.78 is 38.5. The van der Waals surface area contributed by atoms with E-state index in [0.29, 0.717) is 17.1 Å². The highest BCUT2D eigenvalue weighted by molar-refractivity contribution is 5.73. The standard InChI is InChI=1S/C18H21NO8/c1-21-8-23-13-5-6-15-18(27-17(20)19-15,16(13)26-9-22-2)11-3-4-12-14(7-11)25-10-24-12/h3-7,13,15-16H,8-10H2,1-2H3,(H,19,20)/t13-,15+,16+,18+/m1/s1. The van der Waals surface area contributed by atoms with E-state index in [1.165, 1.54) is 14.2 Å². The molecule has 2 aliphatic heterocycles. The highest BCUT2D eigenvalue weighted by atomic mass is 16.7. The van der Waals surface area contributed by atoms with Gasteiger partial charge in [-0.3, -0.25) is 0 Å². The minimum atomic E-state index is -1.16. The van der Waals surface area contributed by atoms with Gasteiger partial charge in [-0.1, -0.05) is 18.2 Å². The number of amides is 1. The summed E-state index contributed by atoms with van der Waals surface area (Å²) in [7, 11) is 3.05. The van der Waals surface area contributed by atoms with Crippen LogP contribution in [0.15, 0.2) is 30.4 Å². The fourth-order valence-electron chi connectivity index (χ4n) is 3.66. The second-order valence-corrected chi connectivity index (χ2v) is 6.29. The molecule has 27 heavy (non-hydrogen) atoms. The van der Waals surface area contributed by atoms with Gasteiger partial charge >= 0.3 is 6.09 Å². The number of rotatable bonds is 7. The molecule has 1 aromatic carbocycles. The van der Waals surface area contributed by atoms with Crippen LogP contribution >= 0.6 is 0 Å². The lowest BCUT2D eigenvalue weighted by Gasteiger charge is -2.43. The average Bonchev–Trinajstić information content (AvgIpc) is 3.27. The van der Waals surface area contributed by atoms with E-state index in [4.69, 9.17) is 33.2 Å². The molecule has 1 fully saturated rings. The Hall–Kier alpha value is -2.33. The van der Waals surface area contributed by atoms with Crippen molar-refractivity contribution in [3.05, 3.63) is 35.9 Å². The Kier molecular flexibility index (Phi) is 4.92. The number of hydrogen-bond donors (Lipinski definition) is 1. The molecule has 9 heteroatoms. The van der Waals surface area contributed by atoms with E-state index in [2.05, 4.69) is 5.32 Å². The second kappa shape index (κ2) is 7.35. The largest absolute Gasteiger partial charge is 0.454 e. The van der Waals surface area contributed by atoms with Gasteiger partial charge < -0.3 is 38.5 Å². The average molecular weight is 379 g/mol. The van der Waals surface area contributed by atoms with Crippen LogP contribution in [0.4, 0.5) is 4.79 Å². The van der Waals surface area contributed by atoms with Crippen molar-refractivity contribution in [2.24, 2.45) is 0 Å². The summed E-state index contributed by atoms with van der Waals surface area (Å²) in [5, 5.41) is 2.82. The number of benzene rings is 1. The van der Waals surface area contributed by atoms with Crippen LogP contribution in [-0.4, -0.2) is 58.9 Å². The number of alkyl carbamates (subject to hydrolysis) is 1. The smallest absolute Gasteiger partial charge is 0.408 e. The molecule has 2 heterocycles. The lowest BCUT2D eigenvalue weighted by atomic mass is 9.76. The van der Waals surface area contributed by atoms with Gasteiger partial charge in [-0.25, -0.2) is 4.79 Å². The van der Waals surface area contributed by atoms with Crippen molar-refractivity contribution in [1.82, 2.24) is 5.32 Å². The summed E-state index contributed by atoms with van der Waals surface area (Å²) in [5.41, 5.74) is -0.462. The minimum absolute atomic E-state index is 0.00191. The van der Waals surface area contributed by atoms with Gasteiger partial charge in [-0.15, -0.1) is 0 Å². The Balaban J connectivity index is 1.78. The fourth-order valence-corrected chi connectivity index (χ4v) is 3.66. The van der Waals surface area contributed by atoms with Crippen molar-refractivity contribution in [2.45, 2.75) is 23.9 Å². The van der Waals surface area contributed by atoms with Crippen LogP contribution in [0, 0.1) is 0 Å². The molecule has 4 rings (SSSR count). The highest BCUT2D eigenvalue weighted by Gasteiger charge is 2.60. The molecule has 0 unspecified atom stereocenters. The fraction of sp³-hybridized carbons (Fsp3) is 0.500. The van der Waals surface area contributed by atoms with Gasteiger partial charge in [0.25, 0.3) is 0 Å². The predicted molar refractivity (Wildman–Crippen MR) is 90.3 cm³/mol. The molecule has 0 spiro atoms. The number of methoxy groups -OCH3 is 2. The molecule has 1 aromatic rings. The van der Waals surface area contributed by atoms with Gasteiger partial charge in [0.05, 0.1) is 6.04 Å². The van der Waals surface area contributed by atoms with E-state index in [-0.39, 0.29) is 20.4 Å². The number of hydrogen-bond acceptors (Lipinski definition) is 8. The molecule has 0 radical (unpaired) electrons. The zero-order valence-corrected chi connectivity index (χ0v) is 15.0. The van der Waals surface area contributed by atoms with Crippen LogP contribution in [0.1, 0.15) is 5.56 Å². The third-order valence-corrected chi connectivity index (χ3v) is 4.78. The summed E-state index contributed by atoms with van der Waals surface area (Å²) in [4.78, 5) is 12.2. The zero-order chi connectivity index (χ0) is 18.9. The molecule has 3 aliphatic rings. The first kappa shape index (κ1) is 18.1. The maximum absolute atomic E-state index is 12.2. The van der Waals surface area contributed by atoms with Crippen LogP contribution in [-0.2, 0) is 29.3 Å². The molecule has 4 atom stereocenters. The Morgan fingerprint density at radius 3 is 2.70 bits per heavy atom. The quantitative estimate of drug-likeness (QED) is 0.559. The van der Waals surface area contributed by atoms with E-state index >= 15 is 0 Å². The van der Waals surface area contributed by atoms with Gasteiger partial charge in [0, 0.05) is 19.8 Å². The van der Waals surface area contributed by atoms with Crippen molar-refractivity contribution >= 4 is 6.09 Å². The van der Waals surface area contributed by atoms with Gasteiger partial charge in [0.15, 0.2) is 17.1 Å². The number of carbonyl (C=O) groups excluding carboxylic acids is 1. The highest BCUT2D eigenvalue weighted by Crippen LogP contribution is 2.46. The maximum Gasteiger partial charge on any atom is 0.408 e. The van der Waals surface area contributed by atoms with Crippen molar-refractivity contribution in [1.29, 1.82) is 0 Å². The molecule has 9 nitrogen and oxygen atoms in total. The monoisotopic (exact) mass is 379 g/mol. The van der Waals surface area contributed by atoms with Gasteiger partial charge in [-0.2, -0.15) is 0 Å². The van der Waals surface area contributed by atoms with E-state index in [0.717, 1.165) is 0 Å². The molecular formula is C18H21NO8. The first-order valence-electron chi connectivity index (χ1n) is 8.48. The predicted octanol–water partition coefficient (Wildman–Crippen LogP) is 1.27. The normalized spacial score (nSPS) is 30.7. The molecule has 1 saturated heterocycles. The molecule has 0 bridgehead atoms. The number of carbonyl (C=O) groups is 1. The summed E-state index contributed by atoms with van der Waals surface area (Å²) in [6.45, 7) is 0.212. The molecule has 1 amide bonds. The molecule has 1 N–H and O–H groups in total. The molecular weight excluding hydrogens is 358 g/mol. The molecule has 1 aliphatic carbocycles. The SMILES string of the molecule is COCO[C@@H]1C=C[C@@H]2NC(=O)O[C@]2(c2ccc3c(c2)OCO3)[C@H]1OCOC. The third-order valence-electron chi connectivity index (χ3n) is 4.78. The van der Waals surface area contributed by atoms with Crippen molar-refractivity contribution in [3.8, 4) is 11.5 Å². The maximum atomic E-state index is 12.2. The molecule has 0 saturated carbocycles. The van der Waals surface area contributed by atoms with Crippen LogP contribution < -0.4 is 14.8 Å². The van der Waals surface area contributed by atoms with Gasteiger partial charge in [0.1, 0.15) is 25.8 Å². The Morgan fingerprint density at radius 1 is 1.11 bits per heavy atom. The van der Waals surface area contributed by atoms with Gasteiger partial charge in [0.2, 0.25) is 6.79 Å². The van der Waals surface area contributed by atoms with Crippen molar-refractivity contribution in [3.63, 3.8) is 0 Å². The lowest BCUT2D eigenvalue weighted by Crippen LogP contribution is -2.58. The Labute approximate surface area is 156 Å². The zero-order valence-electron chi connectivity index (χ0n) is 15.0. The summed E-state index contributed by atoms with van der Waals surface area (Å²) >= 11 is 0. The minimum Gasteiger partial charge on any atom is -0.454 e. The summed E-state index contributed by atoms with van der Waals surface area (Å²) in [6.07, 6.45) is 1.92. The van der Waals surface area contributed by atoms with Crippen LogP contribution in [0.3, 0.4) is 0 Å². The van der Waals surface area contributed by atoms with E-state index in [1.807, 2.05) is 18.2 Å². The second-order valence-electron chi connectivity index (χ2n) is 6.29. The first-order chi connectivity index (χ1) is 13.2. The molecule has 146 valence electrons. The number of fused-ring (bicyclic) bond motifs is 2. The van der Waals surface area contributed by atoms with E-state index < -0.39 is 29.9 Å². The van der Waals surface area contributed by atoms with Gasteiger partial charge in [-0.05, 0) is 12.1 Å². The van der Waals surface area contributed by atoms with Crippen molar-refractivity contribution in [2.75, 3.05) is 34.6 Å². The van der Waals surface area contributed by atoms with Crippen LogP contribution in [0.25, 0.3) is 0 Å². The van der Waals surface area contributed by atoms with Crippen LogP contribution in [0.2, 0.25) is 0 Å². The molecule has 0 aromatic heterocycles. The summed E-state index contributed by atoms with van der Waals surface area (Å²) in [6, 6.07) is 4.96. The van der Waals surface area contributed by atoms with Crippen molar-refractivity contribution < 1.29 is 38.0 Å². The summed E-state index contributed by atoms with van der Waals surface area (Å²) in [5.74, 6) is 1.22. The topological polar surface area (TPSA) is 93.7 Å². The Bertz CT molecular complexity index is 738. The first-order valence-corrected chi connectivity index (χ1v) is 8.48. The number of nitrogens with one attached hydrogen (secondary N) is 1. The van der Waals surface area contributed by atoms with E-state index in [1.54, 1.807) is 12.1 Å². The third kappa shape index (κ3) is 3.02. The Morgan fingerprint density at radius 2 is 1.89 bits per heavy atom. The number of ether oxygens (including phenoxy) is 7. The lowest BCUT2D eigenvalue weighted by molar-refractivity contribution is -0.206. The van der Waals surface area contributed by atoms with Crippen LogP contribution in [0.5, 0.6) is 11.5 Å².